The number of nitrogens with one attached hydrogen (secondary N) is 2. The molecular weight excluding hydrogens is 473 g/mol. The summed E-state index contributed by atoms with van der Waals surface area (Å²) in [6.07, 6.45) is -2.49. The van der Waals surface area contributed by atoms with Gasteiger partial charge in [-0.15, -0.1) is 0 Å². The van der Waals surface area contributed by atoms with E-state index in [2.05, 4.69) is 20.2 Å². The van der Waals surface area contributed by atoms with E-state index in [1.54, 1.807) is 7.11 Å². The first-order chi connectivity index (χ1) is 17.3. The average Bonchev–Trinajstić information content (AvgIpc) is 3.21. The molecule has 2 aromatic carbocycles. The van der Waals surface area contributed by atoms with Gasteiger partial charge >= 0.3 is 12.2 Å². The van der Waals surface area contributed by atoms with Crippen molar-refractivity contribution in [3.05, 3.63) is 59.9 Å². The number of pyridine rings is 1. The largest absolute Gasteiger partial charge is 0.416 e. The van der Waals surface area contributed by atoms with Crippen molar-refractivity contribution in [3.8, 4) is 0 Å². The van der Waals surface area contributed by atoms with Crippen LogP contribution in [0.1, 0.15) is 24.2 Å². The number of imidazole rings is 1. The van der Waals surface area contributed by atoms with Crippen molar-refractivity contribution in [2.24, 2.45) is 0 Å². The molecule has 0 saturated carbocycles. The van der Waals surface area contributed by atoms with Gasteiger partial charge in [0.05, 0.1) is 23.2 Å². The van der Waals surface area contributed by atoms with Crippen LogP contribution in [0.5, 0.6) is 0 Å². The summed E-state index contributed by atoms with van der Waals surface area (Å²) in [5.74, 6) is 1.21. The Morgan fingerprint density at radius 2 is 1.92 bits per heavy atom. The predicted molar refractivity (Wildman–Crippen MR) is 133 cm³/mol. The van der Waals surface area contributed by atoms with Gasteiger partial charge in [-0.3, -0.25) is 0 Å². The molecule has 4 aromatic rings. The fraction of sp³-hybridized carbons (Fsp3) is 0.320. The van der Waals surface area contributed by atoms with Gasteiger partial charge in [0, 0.05) is 37.7 Å². The lowest BCUT2D eigenvalue weighted by Crippen LogP contribution is -2.29. The number of fused-ring (bicyclic) bond motifs is 3. The topological polar surface area (TPSA) is 107 Å². The van der Waals surface area contributed by atoms with Crippen LogP contribution in [-0.4, -0.2) is 40.8 Å². The minimum absolute atomic E-state index is 0.0769. The molecule has 4 rings (SSSR count). The molecule has 0 spiro atoms. The highest BCUT2D eigenvalue weighted by Crippen LogP contribution is 2.31. The van der Waals surface area contributed by atoms with E-state index in [1.165, 1.54) is 12.1 Å². The number of unbranched alkanes of at least 4 members (excludes halogenated alkanes) is 1. The third-order valence-corrected chi connectivity index (χ3v) is 5.76. The highest BCUT2D eigenvalue weighted by molar-refractivity contribution is 6.06. The smallest absolute Gasteiger partial charge is 0.384 e. The van der Waals surface area contributed by atoms with E-state index in [0.717, 1.165) is 40.8 Å². The summed E-state index contributed by atoms with van der Waals surface area (Å²) < 4.78 is 45.9. The van der Waals surface area contributed by atoms with Gasteiger partial charge in [0.2, 0.25) is 0 Å². The van der Waals surface area contributed by atoms with Crippen molar-refractivity contribution >= 4 is 39.5 Å². The molecule has 11 heteroatoms. The second kappa shape index (κ2) is 10.8. The van der Waals surface area contributed by atoms with Crippen LogP contribution in [0, 0.1) is 0 Å². The van der Waals surface area contributed by atoms with E-state index in [-0.39, 0.29) is 5.69 Å². The van der Waals surface area contributed by atoms with Gasteiger partial charge in [0.1, 0.15) is 11.3 Å². The standard InChI is InChI=1S/C25H27F3N6O2/c1-36-14-11-20-33-21-22(18-9-2-3-10-19(18)32-23(21)29)34(20)13-5-4-12-30-24(35)31-17-8-6-7-16(15-17)25(26,27)28/h2-3,6-10,15H,4-5,11-14H2,1H3,(H2,29,32)(H2,30,31,35). The Balaban J connectivity index is 1.40. The summed E-state index contributed by atoms with van der Waals surface area (Å²) in [7, 11) is 1.63. The lowest BCUT2D eigenvalue weighted by Gasteiger charge is -2.12. The number of benzene rings is 2. The number of carbonyl (C=O) groups is 1. The van der Waals surface area contributed by atoms with Crippen molar-refractivity contribution in [2.75, 3.05) is 31.3 Å². The fourth-order valence-corrected chi connectivity index (χ4v) is 4.08. The van der Waals surface area contributed by atoms with E-state index in [0.29, 0.717) is 43.9 Å². The third kappa shape index (κ3) is 5.68. The molecule has 2 aromatic heterocycles. The summed E-state index contributed by atoms with van der Waals surface area (Å²) in [5, 5.41) is 6.08. The number of amides is 2. The molecule has 0 radical (unpaired) electrons. The van der Waals surface area contributed by atoms with Gasteiger partial charge in [0.15, 0.2) is 5.82 Å². The molecule has 8 nitrogen and oxygen atoms in total. The summed E-state index contributed by atoms with van der Waals surface area (Å²) in [5.41, 5.74) is 7.82. The monoisotopic (exact) mass is 500 g/mol. The highest BCUT2D eigenvalue weighted by atomic mass is 19.4. The zero-order chi connectivity index (χ0) is 25.7. The molecule has 0 fully saturated rings. The second-order valence-electron chi connectivity index (χ2n) is 8.30. The maximum Gasteiger partial charge on any atom is 0.416 e. The number of aromatic nitrogens is 3. The number of ether oxygens (including phenoxy) is 1. The molecule has 0 bridgehead atoms. The number of nitrogens with zero attached hydrogens (tertiary/aromatic N) is 3. The van der Waals surface area contributed by atoms with Crippen LogP contribution in [0.4, 0.5) is 29.5 Å². The molecule has 0 unspecified atom stereocenters. The number of rotatable bonds is 9. The number of halogens is 3. The van der Waals surface area contributed by atoms with Gasteiger partial charge in [-0.25, -0.2) is 14.8 Å². The van der Waals surface area contributed by atoms with Gasteiger partial charge in [0.25, 0.3) is 0 Å². The summed E-state index contributed by atoms with van der Waals surface area (Å²) in [6.45, 7) is 1.50. The van der Waals surface area contributed by atoms with Gasteiger partial charge in [-0.2, -0.15) is 13.2 Å². The molecule has 190 valence electrons. The van der Waals surface area contributed by atoms with Crippen LogP contribution in [0.15, 0.2) is 48.5 Å². The lowest BCUT2D eigenvalue weighted by atomic mass is 10.2. The maximum atomic E-state index is 12.9. The molecule has 36 heavy (non-hydrogen) atoms. The molecule has 0 saturated heterocycles. The van der Waals surface area contributed by atoms with Crippen molar-refractivity contribution in [3.63, 3.8) is 0 Å². The maximum absolute atomic E-state index is 12.9. The number of urea groups is 1. The first-order valence-corrected chi connectivity index (χ1v) is 11.5. The molecule has 2 heterocycles. The van der Waals surface area contributed by atoms with Crippen LogP contribution in [0.3, 0.4) is 0 Å². The Morgan fingerprint density at radius 3 is 2.69 bits per heavy atom. The fourth-order valence-electron chi connectivity index (χ4n) is 4.08. The number of para-hydroxylation sites is 1. The molecule has 0 aliphatic carbocycles. The Bertz CT molecular complexity index is 1370. The Labute approximate surface area is 205 Å². The minimum Gasteiger partial charge on any atom is -0.384 e. The van der Waals surface area contributed by atoms with E-state index in [9.17, 15) is 18.0 Å². The number of methoxy groups -OCH3 is 1. The molecule has 2 amide bonds. The van der Waals surface area contributed by atoms with E-state index < -0.39 is 17.8 Å². The summed E-state index contributed by atoms with van der Waals surface area (Å²) >= 11 is 0. The predicted octanol–water partition coefficient (Wildman–Crippen LogP) is 4.98. The zero-order valence-corrected chi connectivity index (χ0v) is 19.7. The molecule has 0 aliphatic rings. The average molecular weight is 501 g/mol. The van der Waals surface area contributed by atoms with Crippen LogP contribution in [0.25, 0.3) is 21.9 Å². The van der Waals surface area contributed by atoms with Gasteiger partial charge in [-0.1, -0.05) is 24.3 Å². The number of hydrogen-bond donors (Lipinski definition) is 3. The van der Waals surface area contributed by atoms with Crippen LogP contribution in [0.2, 0.25) is 0 Å². The van der Waals surface area contributed by atoms with Crippen LogP contribution < -0.4 is 16.4 Å². The first kappa shape index (κ1) is 25.2. The van der Waals surface area contributed by atoms with Crippen LogP contribution >= 0.6 is 0 Å². The minimum atomic E-state index is -4.47. The van der Waals surface area contributed by atoms with E-state index in [4.69, 9.17) is 15.5 Å². The van der Waals surface area contributed by atoms with Crippen LogP contribution in [-0.2, 0) is 23.9 Å². The van der Waals surface area contributed by atoms with E-state index >= 15 is 0 Å². The Morgan fingerprint density at radius 1 is 1.11 bits per heavy atom. The lowest BCUT2D eigenvalue weighted by molar-refractivity contribution is -0.137. The van der Waals surface area contributed by atoms with Gasteiger partial charge in [-0.05, 0) is 37.1 Å². The quantitative estimate of drug-likeness (QED) is 0.281. The van der Waals surface area contributed by atoms with Crippen molar-refractivity contribution in [1.82, 2.24) is 19.9 Å². The second-order valence-corrected chi connectivity index (χ2v) is 8.30. The van der Waals surface area contributed by atoms with Gasteiger partial charge < -0.3 is 25.7 Å². The number of anilines is 2. The first-order valence-electron chi connectivity index (χ1n) is 11.5. The molecule has 4 N–H and O–H groups in total. The number of nitrogen functional groups attached to an aromatic ring is 1. The summed E-state index contributed by atoms with van der Waals surface area (Å²) in [6, 6.07) is 11.7. The molecule has 0 aliphatic heterocycles. The van der Waals surface area contributed by atoms with Crippen molar-refractivity contribution in [1.29, 1.82) is 0 Å². The summed E-state index contributed by atoms with van der Waals surface area (Å²) in [4.78, 5) is 21.4. The Hall–Kier alpha value is -3.86. The number of alkyl halides is 3. The number of aryl methyl sites for hydroxylation is 1. The zero-order valence-electron chi connectivity index (χ0n) is 19.7. The number of carbonyl (C=O) groups excluding carboxylic acids is 1. The molecular formula is C25H27F3N6O2. The number of nitrogens with two attached hydrogens (primary N) is 1. The number of hydrogen-bond acceptors (Lipinski definition) is 5. The highest BCUT2D eigenvalue weighted by Gasteiger charge is 2.30. The van der Waals surface area contributed by atoms with Crippen molar-refractivity contribution in [2.45, 2.75) is 32.0 Å². The van der Waals surface area contributed by atoms with Crippen molar-refractivity contribution < 1.29 is 22.7 Å². The third-order valence-electron chi connectivity index (χ3n) is 5.76. The van der Waals surface area contributed by atoms with E-state index in [1.807, 2.05) is 24.3 Å². The normalized spacial score (nSPS) is 11.8. The molecule has 0 atom stereocenters. The SMILES string of the molecule is COCCc1nc2c(N)nc3ccccc3c2n1CCCCNC(=O)Nc1cccc(C(F)(F)F)c1. The Kier molecular flexibility index (Phi) is 7.58.